The van der Waals surface area contributed by atoms with Gasteiger partial charge in [-0.3, -0.25) is 14.9 Å². The molecule has 2 aromatic carbocycles. The van der Waals surface area contributed by atoms with E-state index in [1.165, 1.54) is 5.48 Å². The molecule has 176 valence electrons. The molecular formula is C22H32N4O6. The molecule has 10 heteroatoms. The van der Waals surface area contributed by atoms with Gasteiger partial charge in [0.1, 0.15) is 13.6 Å². The Hall–Kier alpha value is -3.92. The van der Waals surface area contributed by atoms with Crippen molar-refractivity contribution in [3.05, 3.63) is 48.5 Å². The van der Waals surface area contributed by atoms with Gasteiger partial charge in [0.2, 0.25) is 6.41 Å². The Bertz CT molecular complexity index is 771. The first-order chi connectivity index (χ1) is 15.6. The van der Waals surface area contributed by atoms with Crippen LogP contribution < -0.4 is 21.0 Å². The van der Waals surface area contributed by atoms with Crippen molar-refractivity contribution in [2.24, 2.45) is 0 Å². The summed E-state index contributed by atoms with van der Waals surface area (Å²) < 4.78 is 5.15. The van der Waals surface area contributed by atoms with Gasteiger partial charge in [-0.1, -0.05) is 26.0 Å². The molecular weight excluding hydrogens is 416 g/mol. The van der Waals surface area contributed by atoms with Crippen molar-refractivity contribution in [2.75, 3.05) is 35.2 Å². The number of carbonyl (C=O) groups is 4. The number of nitrogens with zero attached hydrogens (tertiary/aromatic N) is 2. The predicted octanol–water partition coefficient (Wildman–Crippen LogP) is 3.16. The molecule has 10 nitrogen and oxygen atoms in total. The molecule has 0 radical (unpaired) electrons. The molecule has 0 aliphatic carbocycles. The van der Waals surface area contributed by atoms with Crippen LogP contribution in [0, 0.1) is 0 Å². The lowest BCUT2D eigenvalue weighted by molar-refractivity contribution is -0.116. The van der Waals surface area contributed by atoms with E-state index in [9.17, 15) is 4.79 Å². The van der Waals surface area contributed by atoms with Crippen LogP contribution in [0.2, 0.25) is 0 Å². The molecule has 3 rings (SSSR count). The maximum Gasteiger partial charge on any atom is 0.414 e. The molecule has 4 N–H and O–H groups in total. The molecule has 0 aromatic heterocycles. The van der Waals surface area contributed by atoms with Gasteiger partial charge in [-0.15, -0.1) is 0 Å². The number of rotatable bonds is 3. The van der Waals surface area contributed by atoms with E-state index in [2.05, 4.69) is 4.90 Å². The number of ether oxygens (including phenoxy) is 1. The minimum Gasteiger partial charge on any atom is -0.449 e. The first-order valence-corrected chi connectivity index (χ1v) is 9.69. The summed E-state index contributed by atoms with van der Waals surface area (Å²) in [6.07, 6.45) is -0.119. The van der Waals surface area contributed by atoms with Crippen molar-refractivity contribution in [2.45, 2.75) is 20.8 Å². The molecule has 0 fully saturated rings. The molecule has 0 saturated carbocycles. The van der Waals surface area contributed by atoms with E-state index >= 15 is 0 Å². The Kier molecular flexibility index (Phi) is 18.0. The average molecular weight is 449 g/mol. The van der Waals surface area contributed by atoms with Gasteiger partial charge in [0.25, 0.3) is 0 Å². The standard InChI is InChI=1S/C17H19N3O2.C2H6.CH3NO2.2CH2O/c1-2-22-17(21)20-12-11-19(14-9-7-13(18)8-10-14)15-5-3-4-6-16(15)20;1-2;3-1-2-4;2*1-2/h3-10H,2,11-12,18H2,1H3;1-2H3;1,4H,(H,2,3);2*1H2. The number of carbonyl (C=O) groups excluding carboxylic acids is 4. The second-order valence-corrected chi connectivity index (χ2v) is 5.33. The zero-order valence-corrected chi connectivity index (χ0v) is 18.7. The minimum atomic E-state index is -0.299. The number of nitrogens with one attached hydrogen (secondary N) is 1. The molecule has 0 saturated heterocycles. The number of hydrogen-bond donors (Lipinski definition) is 3. The average Bonchev–Trinajstić information content (AvgIpc) is 2.88. The molecule has 0 atom stereocenters. The van der Waals surface area contributed by atoms with Crippen LogP contribution >= 0.6 is 0 Å². The van der Waals surface area contributed by atoms with Gasteiger partial charge in [-0.2, -0.15) is 0 Å². The number of benzene rings is 2. The third-order valence-electron chi connectivity index (χ3n) is 3.76. The van der Waals surface area contributed by atoms with Crippen LogP contribution in [0.3, 0.4) is 0 Å². The Labute approximate surface area is 188 Å². The largest absolute Gasteiger partial charge is 0.449 e. The van der Waals surface area contributed by atoms with E-state index in [1.807, 2.05) is 82.9 Å². The highest BCUT2D eigenvalue weighted by molar-refractivity contribution is 5.95. The van der Waals surface area contributed by atoms with Crippen molar-refractivity contribution in [1.29, 1.82) is 0 Å². The Morgan fingerprint density at radius 1 is 1.06 bits per heavy atom. The summed E-state index contributed by atoms with van der Waals surface area (Å²) in [5.41, 5.74) is 10.7. The fourth-order valence-electron chi connectivity index (χ4n) is 2.68. The molecule has 1 heterocycles. The van der Waals surface area contributed by atoms with Crippen molar-refractivity contribution in [3.8, 4) is 0 Å². The summed E-state index contributed by atoms with van der Waals surface area (Å²) in [5, 5.41) is 7.26. The van der Waals surface area contributed by atoms with Crippen LogP contribution in [0.1, 0.15) is 20.8 Å². The number of hydroxylamine groups is 1. The highest BCUT2D eigenvalue weighted by Crippen LogP contribution is 2.37. The molecule has 0 unspecified atom stereocenters. The van der Waals surface area contributed by atoms with Gasteiger partial charge in [-0.25, -0.2) is 10.3 Å². The van der Waals surface area contributed by atoms with Crippen molar-refractivity contribution >= 4 is 48.8 Å². The fraction of sp³-hybridized carbons (Fsp3) is 0.273. The van der Waals surface area contributed by atoms with Crippen molar-refractivity contribution < 1.29 is 29.1 Å². The van der Waals surface area contributed by atoms with Crippen molar-refractivity contribution in [3.63, 3.8) is 0 Å². The van der Waals surface area contributed by atoms with Crippen LogP contribution in [-0.4, -0.2) is 51.0 Å². The normalized spacial score (nSPS) is 10.5. The fourth-order valence-corrected chi connectivity index (χ4v) is 2.68. The Morgan fingerprint density at radius 3 is 2.03 bits per heavy atom. The van der Waals surface area contributed by atoms with Gasteiger partial charge in [-0.05, 0) is 43.3 Å². The first kappa shape index (κ1) is 30.3. The molecule has 0 spiro atoms. The summed E-state index contributed by atoms with van der Waals surface area (Å²) in [4.78, 5) is 40.8. The molecule has 32 heavy (non-hydrogen) atoms. The third kappa shape index (κ3) is 9.26. The quantitative estimate of drug-likeness (QED) is 0.281. The molecule has 2 aromatic rings. The first-order valence-electron chi connectivity index (χ1n) is 9.69. The van der Waals surface area contributed by atoms with Gasteiger partial charge in [0.15, 0.2) is 0 Å². The summed E-state index contributed by atoms with van der Waals surface area (Å²) in [6.45, 7) is 11.5. The topological polar surface area (TPSA) is 142 Å². The van der Waals surface area contributed by atoms with Gasteiger partial charge in [0, 0.05) is 24.5 Å². The predicted molar refractivity (Wildman–Crippen MR) is 125 cm³/mol. The summed E-state index contributed by atoms with van der Waals surface area (Å²) in [7, 11) is 0. The zero-order chi connectivity index (χ0) is 24.9. The molecule has 2 amide bonds. The number of anilines is 4. The lowest BCUT2D eigenvalue weighted by Crippen LogP contribution is -2.42. The second-order valence-electron chi connectivity index (χ2n) is 5.33. The van der Waals surface area contributed by atoms with Crippen LogP contribution in [0.25, 0.3) is 0 Å². The second kappa shape index (κ2) is 19.1. The number of nitrogens with two attached hydrogens (primary N) is 1. The lowest BCUT2D eigenvalue weighted by Gasteiger charge is -2.37. The van der Waals surface area contributed by atoms with E-state index in [1.54, 1.807) is 4.90 Å². The van der Waals surface area contributed by atoms with E-state index in [-0.39, 0.29) is 12.5 Å². The maximum absolute atomic E-state index is 12.1. The monoisotopic (exact) mass is 448 g/mol. The van der Waals surface area contributed by atoms with Gasteiger partial charge < -0.3 is 25.0 Å². The van der Waals surface area contributed by atoms with E-state index in [4.69, 9.17) is 30.1 Å². The minimum absolute atomic E-state index is 0.181. The number of amides is 2. The Morgan fingerprint density at radius 2 is 1.56 bits per heavy atom. The van der Waals surface area contributed by atoms with Crippen LogP contribution in [0.4, 0.5) is 27.5 Å². The highest BCUT2D eigenvalue weighted by atomic mass is 16.6. The van der Waals surface area contributed by atoms with Crippen LogP contribution in [0.15, 0.2) is 48.5 Å². The summed E-state index contributed by atoms with van der Waals surface area (Å²) in [6, 6.07) is 15.6. The molecule has 0 bridgehead atoms. The van der Waals surface area contributed by atoms with E-state index in [0.29, 0.717) is 19.7 Å². The Balaban J connectivity index is 0. The molecule has 1 aliphatic heterocycles. The summed E-state index contributed by atoms with van der Waals surface area (Å²) in [5.74, 6) is 0. The third-order valence-corrected chi connectivity index (χ3v) is 3.76. The SMILES string of the molecule is C=O.C=O.CC.CCOC(=O)N1CCN(c2ccc(N)cc2)c2ccccc21.O=CNO. The van der Waals surface area contributed by atoms with E-state index < -0.39 is 0 Å². The van der Waals surface area contributed by atoms with Crippen LogP contribution in [-0.2, 0) is 19.1 Å². The molecule has 1 aliphatic rings. The summed E-state index contributed by atoms with van der Waals surface area (Å²) >= 11 is 0. The smallest absolute Gasteiger partial charge is 0.414 e. The zero-order valence-electron chi connectivity index (χ0n) is 18.7. The number of para-hydroxylation sites is 2. The van der Waals surface area contributed by atoms with Gasteiger partial charge >= 0.3 is 6.09 Å². The maximum atomic E-state index is 12.1. The number of nitrogen functional groups attached to an aromatic ring is 1. The number of hydrogen-bond acceptors (Lipinski definition) is 8. The lowest BCUT2D eigenvalue weighted by atomic mass is 10.1. The van der Waals surface area contributed by atoms with Crippen LogP contribution in [0.5, 0.6) is 0 Å². The highest BCUT2D eigenvalue weighted by Gasteiger charge is 2.27. The van der Waals surface area contributed by atoms with Crippen molar-refractivity contribution in [1.82, 2.24) is 5.48 Å². The van der Waals surface area contributed by atoms with E-state index in [0.717, 1.165) is 22.7 Å². The number of fused-ring (bicyclic) bond motifs is 1. The van der Waals surface area contributed by atoms with Gasteiger partial charge in [0.05, 0.1) is 18.0 Å².